The predicted molar refractivity (Wildman–Crippen MR) is 134 cm³/mol. The first-order valence-electron chi connectivity index (χ1n) is 13.5. The molecule has 4 fully saturated rings. The van der Waals surface area contributed by atoms with Crippen LogP contribution in [0, 0.1) is 23.6 Å². The van der Waals surface area contributed by atoms with Gasteiger partial charge >= 0.3 is 12.1 Å². The molecule has 0 radical (unpaired) electrons. The maximum Gasteiger partial charge on any atom is 0.408 e. The molecule has 2 amide bonds. The van der Waals surface area contributed by atoms with Gasteiger partial charge in [-0.05, 0) is 73.1 Å². The summed E-state index contributed by atoms with van der Waals surface area (Å²) in [5, 5.41) is 6.35. The number of halogens is 1. The fraction of sp³-hybridized carbons (Fsp3) is 0.679. The minimum atomic E-state index is -0.751. The first kappa shape index (κ1) is 25.9. The lowest BCUT2D eigenvalue weighted by molar-refractivity contribution is -0.151. The number of amides is 2. The van der Waals surface area contributed by atoms with E-state index in [1.165, 1.54) is 19.2 Å². The fourth-order valence-corrected chi connectivity index (χ4v) is 7.57. The third kappa shape index (κ3) is 5.19. The van der Waals surface area contributed by atoms with Gasteiger partial charge in [-0.2, -0.15) is 0 Å². The van der Waals surface area contributed by atoms with Crippen LogP contribution in [-0.2, 0) is 32.2 Å². The number of nitrogens with zero attached hydrogens (tertiary/aromatic N) is 1. The van der Waals surface area contributed by atoms with Crippen LogP contribution < -0.4 is 10.6 Å². The minimum Gasteiger partial charge on any atom is -0.467 e. The molecule has 37 heavy (non-hydrogen) atoms. The molecule has 9 heteroatoms. The molecule has 5 aliphatic rings. The summed E-state index contributed by atoms with van der Waals surface area (Å²) in [7, 11) is 1.32. The average molecular weight is 516 g/mol. The standard InChI is InChI=1S/C28H38FN3O5/c1-4-17(2)24(25(34)36-3)31-26(35)37-28-11-18-7-19(12-28)10-27(9-18,16-28)30-13-23(33)32-14-20-5-6-22(29)8-21(20)15-32/h5-6,8,17-19,24,30H,4,7,9-16H2,1-3H3,(H,31,35)/t17-,18?,19?,24-,27?,28?/m0/s1. The number of nitrogens with one attached hydrogen (secondary N) is 2. The van der Waals surface area contributed by atoms with Crippen LogP contribution in [-0.4, -0.2) is 53.7 Å². The van der Waals surface area contributed by atoms with Gasteiger partial charge in [0.05, 0.1) is 13.7 Å². The molecule has 8 nitrogen and oxygen atoms in total. The second-order valence-corrected chi connectivity index (χ2v) is 11.9. The highest BCUT2D eigenvalue weighted by Crippen LogP contribution is 2.59. The van der Waals surface area contributed by atoms with Crippen molar-refractivity contribution in [2.75, 3.05) is 13.7 Å². The first-order valence-corrected chi connectivity index (χ1v) is 13.5. The summed E-state index contributed by atoms with van der Waals surface area (Å²) < 4.78 is 24.6. The SMILES string of the molecule is CC[C@H](C)[C@H](NC(=O)OC12CC3CC(CC(NCC(=O)N4Cc5ccc(F)cc5C4)(C3)C1)C2)C(=O)OC. The number of ether oxygens (including phenoxy) is 2. The van der Waals surface area contributed by atoms with E-state index in [0.717, 1.165) is 43.2 Å². The molecule has 4 saturated carbocycles. The summed E-state index contributed by atoms with van der Waals surface area (Å²) in [6, 6.07) is 3.95. The van der Waals surface area contributed by atoms with Crippen LogP contribution in [0.4, 0.5) is 9.18 Å². The third-order valence-electron chi connectivity index (χ3n) is 9.12. The van der Waals surface area contributed by atoms with E-state index in [0.29, 0.717) is 37.8 Å². The zero-order valence-electron chi connectivity index (χ0n) is 22.0. The summed E-state index contributed by atoms with van der Waals surface area (Å²) >= 11 is 0. The van der Waals surface area contributed by atoms with Crippen molar-refractivity contribution < 1.29 is 28.2 Å². The van der Waals surface area contributed by atoms with Gasteiger partial charge in [-0.3, -0.25) is 4.79 Å². The van der Waals surface area contributed by atoms with Gasteiger partial charge < -0.3 is 25.0 Å². The number of esters is 1. The molecule has 2 N–H and O–H groups in total. The van der Waals surface area contributed by atoms with Crippen molar-refractivity contribution in [1.29, 1.82) is 0 Å². The maximum atomic E-state index is 13.6. The van der Waals surface area contributed by atoms with Gasteiger partial charge in [0.25, 0.3) is 0 Å². The van der Waals surface area contributed by atoms with Gasteiger partial charge in [-0.25, -0.2) is 14.0 Å². The summed E-state index contributed by atoms with van der Waals surface area (Å²) in [5.41, 5.74) is 1.01. The molecule has 202 valence electrons. The van der Waals surface area contributed by atoms with Gasteiger partial charge in [-0.1, -0.05) is 26.3 Å². The molecular weight excluding hydrogens is 477 g/mol. The number of hydrogen-bond acceptors (Lipinski definition) is 6. The fourth-order valence-electron chi connectivity index (χ4n) is 7.57. The molecule has 6 rings (SSSR count). The Morgan fingerprint density at radius 1 is 1.14 bits per heavy atom. The topological polar surface area (TPSA) is 97.0 Å². The highest BCUT2D eigenvalue weighted by Gasteiger charge is 2.59. The van der Waals surface area contributed by atoms with Gasteiger partial charge in [0.2, 0.25) is 5.91 Å². The monoisotopic (exact) mass is 515 g/mol. The number of hydrogen-bond donors (Lipinski definition) is 2. The van der Waals surface area contributed by atoms with Crippen LogP contribution in [0.25, 0.3) is 0 Å². The average Bonchev–Trinajstić information content (AvgIpc) is 3.27. The second kappa shape index (κ2) is 9.89. The minimum absolute atomic E-state index is 0.00506. The predicted octanol–water partition coefficient (Wildman–Crippen LogP) is 3.66. The molecule has 0 aromatic heterocycles. The molecule has 1 heterocycles. The molecule has 4 aliphatic carbocycles. The number of carbonyl (C=O) groups excluding carboxylic acids is 3. The molecule has 2 unspecified atom stereocenters. The van der Waals surface area contributed by atoms with Crippen molar-refractivity contribution in [3.63, 3.8) is 0 Å². The van der Waals surface area contributed by atoms with E-state index in [-0.39, 0.29) is 29.7 Å². The Balaban J connectivity index is 1.22. The number of fused-ring (bicyclic) bond motifs is 1. The van der Waals surface area contributed by atoms with Crippen LogP contribution in [0.15, 0.2) is 18.2 Å². The van der Waals surface area contributed by atoms with Crippen LogP contribution in [0.2, 0.25) is 0 Å². The highest BCUT2D eigenvalue weighted by molar-refractivity contribution is 5.81. The van der Waals surface area contributed by atoms with E-state index in [9.17, 15) is 18.8 Å². The molecule has 0 saturated heterocycles. The van der Waals surface area contributed by atoms with Crippen LogP contribution in [0.5, 0.6) is 0 Å². The third-order valence-corrected chi connectivity index (χ3v) is 9.12. The Morgan fingerprint density at radius 3 is 2.51 bits per heavy atom. The van der Waals surface area contributed by atoms with Crippen molar-refractivity contribution in [2.45, 2.75) is 89.1 Å². The van der Waals surface area contributed by atoms with Gasteiger partial charge in [0.1, 0.15) is 17.5 Å². The first-order chi connectivity index (χ1) is 17.6. The summed E-state index contributed by atoms with van der Waals surface area (Å²) in [6.07, 6.45) is 5.47. The number of alkyl carbamates (subject to hydrolysis) is 1. The summed E-state index contributed by atoms with van der Waals surface area (Å²) in [5.74, 6) is 0.0258. The smallest absolute Gasteiger partial charge is 0.408 e. The molecule has 4 atom stereocenters. The molecule has 4 bridgehead atoms. The van der Waals surface area contributed by atoms with E-state index >= 15 is 0 Å². The summed E-state index contributed by atoms with van der Waals surface area (Å²) in [6.45, 7) is 4.99. The summed E-state index contributed by atoms with van der Waals surface area (Å²) in [4.78, 5) is 40.1. The van der Waals surface area contributed by atoms with Crippen molar-refractivity contribution in [3.8, 4) is 0 Å². The number of benzene rings is 1. The number of carbonyl (C=O) groups is 3. The lowest BCUT2D eigenvalue weighted by Gasteiger charge is -2.61. The Hall–Kier alpha value is -2.68. The molecular formula is C28H38FN3O5. The quantitative estimate of drug-likeness (QED) is 0.513. The lowest BCUT2D eigenvalue weighted by atomic mass is 9.51. The number of rotatable bonds is 8. The lowest BCUT2D eigenvalue weighted by Crippen LogP contribution is -2.66. The van der Waals surface area contributed by atoms with Crippen LogP contribution >= 0.6 is 0 Å². The molecule has 1 aromatic carbocycles. The van der Waals surface area contributed by atoms with Crippen molar-refractivity contribution in [3.05, 3.63) is 35.1 Å². The van der Waals surface area contributed by atoms with E-state index in [2.05, 4.69) is 10.6 Å². The van der Waals surface area contributed by atoms with Crippen LogP contribution in [0.1, 0.15) is 69.9 Å². The largest absolute Gasteiger partial charge is 0.467 e. The Bertz CT molecular complexity index is 1060. The Labute approximate surface area is 217 Å². The van der Waals surface area contributed by atoms with Crippen LogP contribution in [0.3, 0.4) is 0 Å². The number of methoxy groups -OCH3 is 1. The van der Waals surface area contributed by atoms with E-state index in [1.54, 1.807) is 11.0 Å². The van der Waals surface area contributed by atoms with E-state index in [1.807, 2.05) is 13.8 Å². The van der Waals surface area contributed by atoms with Gasteiger partial charge in [0, 0.05) is 25.0 Å². The zero-order chi connectivity index (χ0) is 26.4. The van der Waals surface area contributed by atoms with Crippen molar-refractivity contribution >= 4 is 18.0 Å². The van der Waals surface area contributed by atoms with Gasteiger partial charge in [0.15, 0.2) is 0 Å². The normalized spacial score (nSPS) is 31.0. The maximum absolute atomic E-state index is 13.6. The van der Waals surface area contributed by atoms with E-state index in [4.69, 9.17) is 9.47 Å². The Kier molecular flexibility index (Phi) is 6.94. The van der Waals surface area contributed by atoms with Crippen molar-refractivity contribution in [2.24, 2.45) is 17.8 Å². The second-order valence-electron chi connectivity index (χ2n) is 11.9. The molecule has 1 aliphatic heterocycles. The molecule has 1 aromatic rings. The zero-order valence-corrected chi connectivity index (χ0v) is 22.0. The Morgan fingerprint density at radius 2 is 1.84 bits per heavy atom. The van der Waals surface area contributed by atoms with E-state index < -0.39 is 23.7 Å². The molecule has 0 spiro atoms. The van der Waals surface area contributed by atoms with Crippen molar-refractivity contribution in [1.82, 2.24) is 15.5 Å². The van der Waals surface area contributed by atoms with Gasteiger partial charge in [-0.15, -0.1) is 0 Å². The highest BCUT2D eigenvalue weighted by atomic mass is 19.1.